The van der Waals surface area contributed by atoms with Gasteiger partial charge in [-0.2, -0.15) is 0 Å². The van der Waals surface area contributed by atoms with Crippen LogP contribution in [0.2, 0.25) is 0 Å². The van der Waals surface area contributed by atoms with Crippen LogP contribution in [0.3, 0.4) is 0 Å². The summed E-state index contributed by atoms with van der Waals surface area (Å²) in [5.41, 5.74) is 13.0. The Balaban J connectivity index is 1.02. The van der Waals surface area contributed by atoms with Crippen molar-refractivity contribution in [3.8, 4) is 22.5 Å². The Morgan fingerprint density at radius 3 is 1.15 bits per heavy atom. The van der Waals surface area contributed by atoms with Gasteiger partial charge in [0.05, 0.1) is 22.1 Å². The SMILES string of the molecule is c1ccc(-n2c3ccc(-c4ccc5c(c4)c4cc6ccc7oc8ccccc8c7c6cc4n5-c4ccccc4)cc3c3cc4ccc5oc6ccccc6c5c4cc32)cc1. The van der Waals surface area contributed by atoms with E-state index in [1.807, 2.05) is 12.1 Å². The van der Waals surface area contributed by atoms with Gasteiger partial charge < -0.3 is 18.0 Å². The number of hydrogen-bond acceptors (Lipinski definition) is 2. The van der Waals surface area contributed by atoms with Crippen LogP contribution in [-0.4, -0.2) is 9.13 Å². The minimum atomic E-state index is 0.910. The van der Waals surface area contributed by atoms with Crippen LogP contribution >= 0.6 is 0 Å². The molecule has 0 unspecified atom stereocenters. The average Bonchev–Trinajstić information content (AvgIpc) is 4.05. The van der Waals surface area contributed by atoms with Crippen molar-refractivity contribution in [1.82, 2.24) is 9.13 Å². The van der Waals surface area contributed by atoms with Crippen LogP contribution in [0, 0.1) is 0 Å². The van der Waals surface area contributed by atoms with Gasteiger partial charge in [-0.15, -0.1) is 0 Å². The van der Waals surface area contributed by atoms with Crippen LogP contribution in [0.4, 0.5) is 0 Å². The van der Waals surface area contributed by atoms with Gasteiger partial charge in [0.1, 0.15) is 22.3 Å². The second-order valence-corrected chi connectivity index (χ2v) is 16.1. The summed E-state index contributed by atoms with van der Waals surface area (Å²) in [6.07, 6.45) is 0. The summed E-state index contributed by atoms with van der Waals surface area (Å²) in [6.45, 7) is 0. The number of nitrogens with zero attached hydrogens (tertiary/aromatic N) is 2. The van der Waals surface area contributed by atoms with Crippen molar-refractivity contribution in [1.29, 1.82) is 0 Å². The van der Waals surface area contributed by atoms with Crippen LogP contribution in [0.1, 0.15) is 0 Å². The molecular formula is C56H32N2O2. The largest absolute Gasteiger partial charge is 0.456 e. The van der Waals surface area contributed by atoms with Gasteiger partial charge in [0.2, 0.25) is 0 Å². The van der Waals surface area contributed by atoms with Gasteiger partial charge in [-0.25, -0.2) is 0 Å². The molecule has 0 aliphatic rings. The maximum absolute atomic E-state index is 6.33. The van der Waals surface area contributed by atoms with Crippen LogP contribution < -0.4 is 0 Å². The number of rotatable bonds is 3. The van der Waals surface area contributed by atoms with E-state index < -0.39 is 0 Å². The van der Waals surface area contributed by atoms with E-state index in [0.29, 0.717) is 0 Å². The van der Waals surface area contributed by atoms with E-state index >= 15 is 0 Å². The Bertz CT molecular complexity index is 3840. The zero-order valence-electron chi connectivity index (χ0n) is 32.2. The van der Waals surface area contributed by atoms with Crippen molar-refractivity contribution in [2.75, 3.05) is 0 Å². The van der Waals surface area contributed by atoms with Gasteiger partial charge in [-0.3, -0.25) is 0 Å². The molecule has 4 nitrogen and oxygen atoms in total. The van der Waals surface area contributed by atoms with Crippen LogP contribution in [0.15, 0.2) is 203 Å². The van der Waals surface area contributed by atoms with Crippen molar-refractivity contribution in [2.45, 2.75) is 0 Å². The highest BCUT2D eigenvalue weighted by molar-refractivity contribution is 6.25. The van der Waals surface area contributed by atoms with Crippen LogP contribution in [0.5, 0.6) is 0 Å². The molecule has 0 fully saturated rings. The number of furan rings is 2. The molecule has 0 amide bonds. The minimum absolute atomic E-state index is 0.910. The first kappa shape index (κ1) is 31.9. The van der Waals surface area contributed by atoms with Crippen LogP contribution in [-0.2, 0) is 0 Å². The van der Waals surface area contributed by atoms with Crippen molar-refractivity contribution >= 4 is 109 Å². The van der Waals surface area contributed by atoms with Gasteiger partial charge in [0, 0.05) is 54.5 Å². The molecule has 0 aliphatic heterocycles. The van der Waals surface area contributed by atoms with Gasteiger partial charge in [0.15, 0.2) is 0 Å². The average molecular weight is 765 g/mol. The third-order valence-corrected chi connectivity index (χ3v) is 12.8. The normalized spacial score (nSPS) is 12.3. The zero-order chi connectivity index (χ0) is 39.1. The molecule has 0 N–H and O–H groups in total. The summed E-state index contributed by atoms with van der Waals surface area (Å²) < 4.78 is 17.5. The molecule has 0 spiro atoms. The minimum Gasteiger partial charge on any atom is -0.456 e. The Labute approximate surface area is 342 Å². The molecule has 14 rings (SSSR count). The van der Waals surface area contributed by atoms with Crippen molar-refractivity contribution in [3.05, 3.63) is 194 Å². The number of hydrogen-bond donors (Lipinski definition) is 0. The summed E-state index contributed by atoms with van der Waals surface area (Å²) in [5.74, 6) is 0. The zero-order valence-corrected chi connectivity index (χ0v) is 32.2. The molecule has 0 aliphatic carbocycles. The molecule has 0 radical (unpaired) electrons. The first-order valence-electron chi connectivity index (χ1n) is 20.5. The quantitative estimate of drug-likeness (QED) is 0.180. The maximum Gasteiger partial charge on any atom is 0.136 e. The summed E-state index contributed by atoms with van der Waals surface area (Å²) in [7, 11) is 0. The number of aromatic nitrogens is 2. The molecule has 4 heteroatoms. The van der Waals surface area contributed by atoms with E-state index in [1.165, 1.54) is 76.3 Å². The number of fused-ring (bicyclic) bond motifs is 16. The Hall–Kier alpha value is -8.08. The lowest BCUT2D eigenvalue weighted by molar-refractivity contribution is 0.669. The van der Waals surface area contributed by atoms with Gasteiger partial charge in [0.25, 0.3) is 0 Å². The standard InChI is InChI=1S/C56H32N2O2/c1-3-11-37(12-4-1)57-47-23-19-33(27-43(47)45-29-35-21-25-53-55(41(35)31-49(45)57)39-15-7-9-17-51(39)59-53)34-20-24-48-44(28-34)46-30-36-22-26-54-56(40-16-8-10-18-52(40)60-54)42(36)32-50(46)58(48)38-13-5-2-6-14-38/h1-32H. The lowest BCUT2D eigenvalue weighted by Gasteiger charge is -2.09. The van der Waals surface area contributed by atoms with E-state index in [0.717, 1.165) is 55.3 Å². The Morgan fingerprint density at radius 1 is 0.267 bits per heavy atom. The second kappa shape index (κ2) is 11.8. The van der Waals surface area contributed by atoms with Gasteiger partial charge in [-0.05, 0) is 130 Å². The molecule has 4 aromatic heterocycles. The van der Waals surface area contributed by atoms with E-state index in [4.69, 9.17) is 8.83 Å². The molecule has 60 heavy (non-hydrogen) atoms. The van der Waals surface area contributed by atoms with Gasteiger partial charge >= 0.3 is 0 Å². The fourth-order valence-electron chi connectivity index (χ4n) is 10.2. The topological polar surface area (TPSA) is 36.1 Å². The molecule has 0 saturated carbocycles. The molecule has 0 atom stereocenters. The lowest BCUT2D eigenvalue weighted by Crippen LogP contribution is -1.93. The molecular weight excluding hydrogens is 733 g/mol. The van der Waals surface area contributed by atoms with Crippen LogP contribution in [0.25, 0.3) is 132 Å². The third-order valence-electron chi connectivity index (χ3n) is 12.8. The highest BCUT2D eigenvalue weighted by Crippen LogP contribution is 2.44. The number of para-hydroxylation sites is 4. The first-order valence-corrected chi connectivity index (χ1v) is 20.5. The predicted octanol–water partition coefficient (Wildman–Crippen LogP) is 15.7. The fraction of sp³-hybridized carbons (Fsp3) is 0. The summed E-state index contributed by atoms with van der Waals surface area (Å²) in [6, 6.07) is 70.3. The Morgan fingerprint density at radius 2 is 0.683 bits per heavy atom. The predicted molar refractivity (Wildman–Crippen MR) is 250 cm³/mol. The van der Waals surface area contributed by atoms with Gasteiger partial charge in [-0.1, -0.05) is 97.1 Å². The molecule has 0 bridgehead atoms. The van der Waals surface area contributed by atoms with E-state index in [1.54, 1.807) is 0 Å². The van der Waals surface area contributed by atoms with Crippen molar-refractivity contribution < 1.29 is 8.83 Å². The molecule has 10 aromatic carbocycles. The smallest absolute Gasteiger partial charge is 0.136 e. The summed E-state index contributed by atoms with van der Waals surface area (Å²) in [5, 5.41) is 14.3. The molecule has 4 heterocycles. The van der Waals surface area contributed by atoms with Crippen molar-refractivity contribution in [3.63, 3.8) is 0 Å². The summed E-state index contributed by atoms with van der Waals surface area (Å²) in [4.78, 5) is 0. The monoisotopic (exact) mass is 764 g/mol. The van der Waals surface area contributed by atoms with E-state index in [2.05, 4.69) is 191 Å². The number of benzene rings is 10. The second-order valence-electron chi connectivity index (χ2n) is 16.1. The molecule has 278 valence electrons. The molecule has 0 saturated heterocycles. The first-order chi connectivity index (χ1) is 29.7. The fourth-order valence-corrected chi connectivity index (χ4v) is 10.2. The highest BCUT2D eigenvalue weighted by Gasteiger charge is 2.20. The third kappa shape index (κ3) is 4.34. The van der Waals surface area contributed by atoms with E-state index in [-0.39, 0.29) is 0 Å². The Kier molecular flexibility index (Phi) is 6.26. The maximum atomic E-state index is 6.33. The summed E-state index contributed by atoms with van der Waals surface area (Å²) >= 11 is 0. The van der Waals surface area contributed by atoms with Crippen molar-refractivity contribution in [2.24, 2.45) is 0 Å². The van der Waals surface area contributed by atoms with E-state index in [9.17, 15) is 0 Å². The molecule has 14 aromatic rings. The highest BCUT2D eigenvalue weighted by atomic mass is 16.3. The lowest BCUT2D eigenvalue weighted by atomic mass is 9.98.